The first kappa shape index (κ1) is 16.1. The minimum Gasteiger partial charge on any atom is -0.326 e. The molecular formula is C13H13N3O4S2. The smallest absolute Gasteiger partial charge is 0.259 e. The van der Waals surface area contributed by atoms with Gasteiger partial charge in [-0.25, -0.2) is 13.4 Å². The Kier molecular flexibility index (Phi) is 4.57. The minimum absolute atomic E-state index is 0.0945. The van der Waals surface area contributed by atoms with Crippen LogP contribution >= 0.6 is 11.3 Å². The van der Waals surface area contributed by atoms with Gasteiger partial charge in [-0.05, 0) is 12.1 Å². The highest BCUT2D eigenvalue weighted by atomic mass is 32.2. The number of anilines is 2. The Morgan fingerprint density at radius 1 is 1.18 bits per heavy atom. The highest BCUT2D eigenvalue weighted by molar-refractivity contribution is 7.90. The topological polar surface area (TPSA) is 105 Å². The Bertz CT molecular complexity index is 827. The van der Waals surface area contributed by atoms with Crippen LogP contribution in [0.15, 0.2) is 34.7 Å². The van der Waals surface area contributed by atoms with E-state index in [0.717, 1.165) is 17.6 Å². The number of carbonyl (C=O) groups excluding carboxylic acids is 2. The molecule has 0 aliphatic rings. The number of carbonyl (C=O) groups is 2. The lowest BCUT2D eigenvalue weighted by Gasteiger charge is -2.08. The minimum atomic E-state index is -3.42. The summed E-state index contributed by atoms with van der Waals surface area (Å²) in [7, 11) is -3.42. The van der Waals surface area contributed by atoms with E-state index in [4.69, 9.17) is 0 Å². The largest absolute Gasteiger partial charge is 0.326 e. The van der Waals surface area contributed by atoms with Crippen LogP contribution in [0, 0.1) is 0 Å². The van der Waals surface area contributed by atoms with Gasteiger partial charge in [0.2, 0.25) is 5.91 Å². The molecule has 0 unspecified atom stereocenters. The quantitative estimate of drug-likeness (QED) is 0.883. The zero-order valence-electron chi connectivity index (χ0n) is 11.8. The van der Waals surface area contributed by atoms with Crippen LogP contribution < -0.4 is 10.6 Å². The van der Waals surface area contributed by atoms with Crippen molar-refractivity contribution < 1.29 is 18.0 Å². The second kappa shape index (κ2) is 6.24. The molecule has 0 saturated heterocycles. The zero-order valence-corrected chi connectivity index (χ0v) is 13.4. The van der Waals surface area contributed by atoms with Crippen molar-refractivity contribution in [3.63, 3.8) is 0 Å². The van der Waals surface area contributed by atoms with Gasteiger partial charge in [0, 0.05) is 18.6 Å². The van der Waals surface area contributed by atoms with Crippen LogP contribution in [0.1, 0.15) is 17.3 Å². The van der Waals surface area contributed by atoms with Gasteiger partial charge >= 0.3 is 0 Å². The maximum Gasteiger partial charge on any atom is 0.259 e. The Labute approximate surface area is 131 Å². The predicted octanol–water partition coefficient (Wildman–Crippen LogP) is 1.76. The van der Waals surface area contributed by atoms with Crippen molar-refractivity contribution in [2.24, 2.45) is 0 Å². The lowest BCUT2D eigenvalue weighted by molar-refractivity contribution is -0.114. The molecule has 2 amide bonds. The molecule has 7 nitrogen and oxygen atoms in total. The van der Waals surface area contributed by atoms with E-state index < -0.39 is 15.7 Å². The van der Waals surface area contributed by atoms with E-state index in [-0.39, 0.29) is 21.6 Å². The number of sulfone groups is 1. The van der Waals surface area contributed by atoms with Crippen LogP contribution in [0.3, 0.4) is 0 Å². The third-order valence-electron chi connectivity index (χ3n) is 2.57. The average Bonchev–Trinajstić information content (AvgIpc) is 2.87. The van der Waals surface area contributed by atoms with E-state index >= 15 is 0 Å². The van der Waals surface area contributed by atoms with Crippen molar-refractivity contribution in [3.05, 3.63) is 35.2 Å². The predicted molar refractivity (Wildman–Crippen MR) is 83.9 cm³/mol. The number of para-hydroxylation sites is 1. The fraction of sp³-hybridized carbons (Fsp3) is 0.154. The number of aromatic nitrogens is 1. The van der Waals surface area contributed by atoms with Crippen molar-refractivity contribution in [2.75, 3.05) is 16.9 Å². The van der Waals surface area contributed by atoms with E-state index in [1.54, 1.807) is 24.3 Å². The average molecular weight is 339 g/mol. The van der Waals surface area contributed by atoms with Gasteiger partial charge in [-0.15, -0.1) is 11.3 Å². The molecule has 1 aromatic heterocycles. The first-order valence-electron chi connectivity index (χ1n) is 6.11. The van der Waals surface area contributed by atoms with Gasteiger partial charge in [-0.2, -0.15) is 0 Å². The summed E-state index contributed by atoms with van der Waals surface area (Å²) < 4.78 is 22.7. The SMILES string of the molecule is CC(=O)Nc1ccccc1C(=O)Nc1nc(S(C)(=O)=O)cs1. The second-order valence-electron chi connectivity index (χ2n) is 4.44. The van der Waals surface area contributed by atoms with Gasteiger partial charge in [0.1, 0.15) is 0 Å². The number of benzene rings is 1. The molecule has 0 saturated carbocycles. The normalized spacial score (nSPS) is 11.0. The molecule has 2 rings (SSSR count). The van der Waals surface area contributed by atoms with Gasteiger partial charge in [0.25, 0.3) is 5.91 Å². The number of nitrogens with one attached hydrogen (secondary N) is 2. The summed E-state index contributed by atoms with van der Waals surface area (Å²) in [6, 6.07) is 6.49. The summed E-state index contributed by atoms with van der Waals surface area (Å²) in [4.78, 5) is 27.2. The number of nitrogens with zero attached hydrogens (tertiary/aromatic N) is 1. The Morgan fingerprint density at radius 2 is 1.86 bits per heavy atom. The number of hydrogen-bond donors (Lipinski definition) is 2. The third kappa shape index (κ3) is 3.89. The summed E-state index contributed by atoms with van der Waals surface area (Å²) >= 11 is 1.01. The van der Waals surface area contributed by atoms with E-state index in [2.05, 4.69) is 15.6 Å². The van der Waals surface area contributed by atoms with Crippen LogP contribution in [0.5, 0.6) is 0 Å². The highest BCUT2D eigenvalue weighted by Crippen LogP contribution is 2.21. The number of hydrogen-bond acceptors (Lipinski definition) is 6. The standard InChI is InChI=1S/C13H13N3O4S2/c1-8(17)14-10-6-4-3-5-9(10)12(18)16-13-15-11(7-21-13)22(2,19)20/h3-7H,1-2H3,(H,14,17)(H,15,16,18). The maximum absolute atomic E-state index is 12.2. The lowest BCUT2D eigenvalue weighted by Crippen LogP contribution is -2.16. The monoisotopic (exact) mass is 339 g/mol. The first-order chi connectivity index (χ1) is 10.3. The number of thiazole rings is 1. The van der Waals surface area contributed by atoms with Gasteiger partial charge in [-0.3, -0.25) is 14.9 Å². The molecule has 9 heteroatoms. The van der Waals surface area contributed by atoms with Crippen LogP contribution in [0.2, 0.25) is 0 Å². The van der Waals surface area contributed by atoms with E-state index in [0.29, 0.717) is 5.69 Å². The molecule has 0 spiro atoms. The number of amides is 2. The molecule has 0 bridgehead atoms. The van der Waals surface area contributed by atoms with Gasteiger partial charge < -0.3 is 5.32 Å². The molecule has 0 atom stereocenters. The van der Waals surface area contributed by atoms with E-state index in [1.165, 1.54) is 12.3 Å². The van der Waals surface area contributed by atoms with Crippen LogP contribution in [-0.2, 0) is 14.6 Å². The molecule has 1 aromatic carbocycles. The third-order valence-corrected chi connectivity index (χ3v) is 4.44. The Morgan fingerprint density at radius 3 is 2.45 bits per heavy atom. The highest BCUT2D eigenvalue weighted by Gasteiger charge is 2.16. The molecule has 0 aliphatic carbocycles. The molecule has 0 radical (unpaired) electrons. The molecule has 116 valence electrons. The van der Waals surface area contributed by atoms with Crippen LogP contribution in [0.25, 0.3) is 0 Å². The van der Waals surface area contributed by atoms with Crippen molar-refractivity contribution in [2.45, 2.75) is 11.9 Å². The molecule has 22 heavy (non-hydrogen) atoms. The molecule has 1 heterocycles. The van der Waals surface area contributed by atoms with Crippen molar-refractivity contribution in [1.82, 2.24) is 4.98 Å². The zero-order chi connectivity index (χ0) is 16.3. The van der Waals surface area contributed by atoms with Crippen LogP contribution in [0.4, 0.5) is 10.8 Å². The summed E-state index contributed by atoms with van der Waals surface area (Å²) in [6.45, 7) is 1.34. The molecular weight excluding hydrogens is 326 g/mol. The molecule has 2 aromatic rings. The Balaban J connectivity index is 2.23. The van der Waals surface area contributed by atoms with Crippen LogP contribution in [-0.4, -0.2) is 31.5 Å². The molecule has 2 N–H and O–H groups in total. The molecule has 0 fully saturated rings. The van der Waals surface area contributed by atoms with Crippen molar-refractivity contribution in [1.29, 1.82) is 0 Å². The maximum atomic E-state index is 12.2. The van der Waals surface area contributed by atoms with Gasteiger partial charge in [-0.1, -0.05) is 12.1 Å². The summed E-state index contributed by atoms with van der Waals surface area (Å²) in [5, 5.41) is 6.50. The van der Waals surface area contributed by atoms with Crippen molar-refractivity contribution >= 4 is 43.8 Å². The second-order valence-corrected chi connectivity index (χ2v) is 7.26. The summed E-state index contributed by atoms with van der Waals surface area (Å²) in [5.41, 5.74) is 0.626. The fourth-order valence-corrected chi connectivity index (χ4v) is 3.36. The summed E-state index contributed by atoms with van der Waals surface area (Å²) in [5.74, 6) is -0.785. The first-order valence-corrected chi connectivity index (χ1v) is 8.88. The van der Waals surface area contributed by atoms with E-state index in [1.807, 2.05) is 0 Å². The molecule has 0 aliphatic heterocycles. The van der Waals surface area contributed by atoms with E-state index in [9.17, 15) is 18.0 Å². The fourth-order valence-electron chi connectivity index (χ4n) is 1.63. The Hall–Kier alpha value is -2.26. The van der Waals surface area contributed by atoms with Gasteiger partial charge in [0.05, 0.1) is 11.3 Å². The lowest BCUT2D eigenvalue weighted by atomic mass is 10.1. The van der Waals surface area contributed by atoms with Gasteiger partial charge in [0.15, 0.2) is 20.0 Å². The number of rotatable bonds is 4. The summed E-state index contributed by atoms with van der Waals surface area (Å²) in [6.07, 6.45) is 1.04. The van der Waals surface area contributed by atoms with Crippen molar-refractivity contribution in [3.8, 4) is 0 Å².